The van der Waals surface area contributed by atoms with Gasteiger partial charge in [-0.25, -0.2) is 13.1 Å². The highest BCUT2D eigenvalue weighted by Gasteiger charge is 2.18. The lowest BCUT2D eigenvalue weighted by atomic mass is 10.3. The van der Waals surface area contributed by atoms with E-state index >= 15 is 0 Å². The SMILES string of the molecule is CCCCNC=O.COc1ccc(S(=O)(=O)NC(=O)c2cccnc2)cc1. The fraction of sp³-hybridized carbons (Fsp3) is 0.278. The Morgan fingerprint density at radius 1 is 1.22 bits per heavy atom. The van der Waals surface area contributed by atoms with Crippen molar-refractivity contribution in [3.05, 3.63) is 54.4 Å². The van der Waals surface area contributed by atoms with Gasteiger partial charge in [-0.05, 0) is 42.8 Å². The minimum atomic E-state index is -3.92. The van der Waals surface area contributed by atoms with Crippen LogP contribution in [0.3, 0.4) is 0 Å². The Morgan fingerprint density at radius 3 is 2.44 bits per heavy atom. The predicted molar refractivity (Wildman–Crippen MR) is 101 cm³/mol. The summed E-state index contributed by atoms with van der Waals surface area (Å²) >= 11 is 0. The molecule has 0 atom stereocenters. The van der Waals surface area contributed by atoms with Crippen molar-refractivity contribution in [1.29, 1.82) is 0 Å². The number of amides is 2. The van der Waals surface area contributed by atoms with E-state index in [0.717, 1.165) is 25.8 Å². The van der Waals surface area contributed by atoms with Crippen LogP contribution in [0.2, 0.25) is 0 Å². The summed E-state index contributed by atoms with van der Waals surface area (Å²) < 4.78 is 31.0. The first-order valence-corrected chi connectivity index (χ1v) is 9.71. The number of nitrogens with one attached hydrogen (secondary N) is 2. The van der Waals surface area contributed by atoms with Gasteiger partial charge in [0.2, 0.25) is 6.41 Å². The second-order valence-corrected chi connectivity index (χ2v) is 6.96. The minimum Gasteiger partial charge on any atom is -0.497 e. The molecule has 0 aliphatic rings. The Bertz CT molecular complexity index is 809. The van der Waals surface area contributed by atoms with Gasteiger partial charge in [-0.3, -0.25) is 14.6 Å². The number of nitrogens with zero attached hydrogens (tertiary/aromatic N) is 1. The van der Waals surface area contributed by atoms with E-state index < -0.39 is 15.9 Å². The van der Waals surface area contributed by atoms with Crippen LogP contribution in [0.1, 0.15) is 30.1 Å². The molecule has 2 aromatic rings. The highest BCUT2D eigenvalue weighted by atomic mass is 32.2. The standard InChI is InChI=1S/C13H12N2O4S.C5H11NO/c1-19-11-4-6-12(7-5-11)20(17,18)15-13(16)10-3-2-8-14-9-10;1-2-3-4-6-5-7/h2-9H,1H3,(H,15,16);5H,2-4H2,1H3,(H,6,7). The largest absolute Gasteiger partial charge is 0.497 e. The van der Waals surface area contributed by atoms with Gasteiger partial charge >= 0.3 is 0 Å². The number of rotatable bonds is 8. The minimum absolute atomic E-state index is 0.0180. The molecule has 0 aliphatic carbocycles. The van der Waals surface area contributed by atoms with Crippen LogP contribution in [0.5, 0.6) is 5.75 Å². The number of hydrogen-bond donors (Lipinski definition) is 2. The van der Waals surface area contributed by atoms with Gasteiger partial charge in [-0.15, -0.1) is 0 Å². The maximum atomic E-state index is 12.0. The summed E-state index contributed by atoms with van der Waals surface area (Å²) in [5.41, 5.74) is 0.171. The molecule has 0 spiro atoms. The Kier molecular flexibility index (Phi) is 9.52. The molecule has 1 aromatic heterocycles. The maximum absolute atomic E-state index is 12.0. The molecule has 0 fully saturated rings. The van der Waals surface area contributed by atoms with Crippen molar-refractivity contribution in [2.75, 3.05) is 13.7 Å². The highest BCUT2D eigenvalue weighted by Crippen LogP contribution is 2.15. The first-order chi connectivity index (χ1) is 12.9. The third-order valence-electron chi connectivity index (χ3n) is 3.28. The van der Waals surface area contributed by atoms with Crippen LogP contribution in [-0.4, -0.2) is 39.4 Å². The second-order valence-electron chi connectivity index (χ2n) is 5.28. The average molecular weight is 393 g/mol. The fourth-order valence-corrected chi connectivity index (χ4v) is 2.80. The van der Waals surface area contributed by atoms with Crippen molar-refractivity contribution in [2.24, 2.45) is 0 Å². The lowest BCUT2D eigenvalue weighted by Crippen LogP contribution is -2.30. The van der Waals surface area contributed by atoms with E-state index in [1.807, 2.05) is 4.72 Å². The second kappa shape index (κ2) is 11.6. The fourth-order valence-electron chi connectivity index (χ4n) is 1.83. The van der Waals surface area contributed by atoms with Crippen molar-refractivity contribution in [1.82, 2.24) is 15.0 Å². The number of pyridine rings is 1. The van der Waals surface area contributed by atoms with E-state index in [9.17, 15) is 18.0 Å². The molecule has 27 heavy (non-hydrogen) atoms. The van der Waals surface area contributed by atoms with Crippen LogP contribution in [0.15, 0.2) is 53.7 Å². The van der Waals surface area contributed by atoms with Crippen molar-refractivity contribution < 1.29 is 22.7 Å². The van der Waals surface area contributed by atoms with Gasteiger partial charge in [0, 0.05) is 18.9 Å². The number of methoxy groups -OCH3 is 1. The van der Waals surface area contributed by atoms with E-state index in [0.29, 0.717) is 5.75 Å². The number of benzene rings is 1. The van der Waals surface area contributed by atoms with Gasteiger partial charge in [0.15, 0.2) is 0 Å². The lowest BCUT2D eigenvalue weighted by Gasteiger charge is -2.07. The normalized spacial score (nSPS) is 10.1. The molecule has 0 aliphatic heterocycles. The lowest BCUT2D eigenvalue weighted by molar-refractivity contribution is -0.109. The summed E-state index contributed by atoms with van der Waals surface area (Å²) in [4.78, 5) is 25.1. The number of ether oxygens (including phenoxy) is 1. The zero-order valence-corrected chi connectivity index (χ0v) is 16.0. The van der Waals surface area contributed by atoms with Crippen LogP contribution in [0.25, 0.3) is 0 Å². The van der Waals surface area contributed by atoms with Gasteiger partial charge in [0.1, 0.15) is 5.75 Å². The number of unbranched alkanes of at least 4 members (excludes halogenated alkanes) is 1. The van der Waals surface area contributed by atoms with E-state index in [2.05, 4.69) is 17.2 Å². The predicted octanol–water partition coefficient (Wildman–Crippen LogP) is 1.74. The number of carbonyl (C=O) groups is 2. The Hall–Kier alpha value is -2.94. The molecule has 2 amide bonds. The molecule has 1 heterocycles. The Labute approximate surface area is 159 Å². The number of carbonyl (C=O) groups excluding carboxylic acids is 2. The summed E-state index contributed by atoms with van der Waals surface area (Å²) in [5, 5.41) is 2.57. The third kappa shape index (κ3) is 7.87. The molecular formula is C18H23N3O5S. The monoisotopic (exact) mass is 393 g/mol. The number of aromatic nitrogens is 1. The average Bonchev–Trinajstić information content (AvgIpc) is 2.69. The molecular weight excluding hydrogens is 370 g/mol. The molecule has 0 saturated heterocycles. The first-order valence-electron chi connectivity index (χ1n) is 8.22. The zero-order valence-electron chi connectivity index (χ0n) is 15.2. The van der Waals surface area contributed by atoms with Crippen LogP contribution >= 0.6 is 0 Å². The molecule has 8 nitrogen and oxygen atoms in total. The van der Waals surface area contributed by atoms with E-state index in [4.69, 9.17) is 4.74 Å². The van der Waals surface area contributed by atoms with Crippen molar-refractivity contribution in [3.63, 3.8) is 0 Å². The van der Waals surface area contributed by atoms with Crippen LogP contribution in [-0.2, 0) is 14.8 Å². The molecule has 2 N–H and O–H groups in total. The summed E-state index contributed by atoms with van der Waals surface area (Å²) in [6, 6.07) is 8.75. The summed E-state index contributed by atoms with van der Waals surface area (Å²) in [6.45, 7) is 2.91. The van der Waals surface area contributed by atoms with Crippen LogP contribution in [0, 0.1) is 0 Å². The molecule has 146 valence electrons. The van der Waals surface area contributed by atoms with Gasteiger partial charge in [-0.2, -0.15) is 0 Å². The summed E-state index contributed by atoms with van der Waals surface area (Å²) in [7, 11) is -2.44. The van der Waals surface area contributed by atoms with Crippen molar-refractivity contribution in [3.8, 4) is 5.75 Å². The molecule has 1 aromatic carbocycles. The van der Waals surface area contributed by atoms with Gasteiger partial charge < -0.3 is 10.1 Å². The highest BCUT2D eigenvalue weighted by molar-refractivity contribution is 7.90. The van der Waals surface area contributed by atoms with E-state index in [-0.39, 0.29) is 10.5 Å². The van der Waals surface area contributed by atoms with Crippen LogP contribution in [0.4, 0.5) is 0 Å². The number of sulfonamides is 1. The van der Waals surface area contributed by atoms with Gasteiger partial charge in [0.25, 0.3) is 15.9 Å². The van der Waals surface area contributed by atoms with Gasteiger partial charge in [-0.1, -0.05) is 13.3 Å². The smallest absolute Gasteiger partial charge is 0.266 e. The number of hydrogen-bond acceptors (Lipinski definition) is 6. The zero-order chi connectivity index (χ0) is 20.1. The molecule has 9 heteroatoms. The third-order valence-corrected chi connectivity index (χ3v) is 4.63. The topological polar surface area (TPSA) is 114 Å². The quantitative estimate of drug-likeness (QED) is 0.522. The van der Waals surface area contributed by atoms with Crippen molar-refractivity contribution in [2.45, 2.75) is 24.7 Å². The summed E-state index contributed by atoms with van der Waals surface area (Å²) in [5.74, 6) is -0.198. The maximum Gasteiger partial charge on any atom is 0.266 e. The Balaban J connectivity index is 0.000000445. The molecule has 0 radical (unpaired) electrons. The molecule has 0 bridgehead atoms. The van der Waals surface area contributed by atoms with Crippen molar-refractivity contribution >= 4 is 22.3 Å². The molecule has 0 saturated carbocycles. The van der Waals surface area contributed by atoms with Crippen LogP contribution < -0.4 is 14.8 Å². The Morgan fingerprint density at radius 2 is 1.93 bits per heavy atom. The first kappa shape index (κ1) is 22.1. The molecule has 0 unspecified atom stereocenters. The molecule has 2 rings (SSSR count). The van der Waals surface area contributed by atoms with E-state index in [1.165, 1.54) is 49.8 Å². The van der Waals surface area contributed by atoms with E-state index in [1.54, 1.807) is 6.07 Å². The summed E-state index contributed by atoms with van der Waals surface area (Å²) in [6.07, 6.45) is 5.74. The van der Waals surface area contributed by atoms with Gasteiger partial charge in [0.05, 0.1) is 17.6 Å².